The molecule has 1 aromatic heterocycles. The average Bonchev–Trinajstić information content (AvgIpc) is 2.15. The smallest absolute Gasteiger partial charge is 0.258 e. The molecule has 0 unspecified atom stereocenters. The van der Waals surface area contributed by atoms with Crippen LogP contribution >= 0.6 is 0 Å². The Bertz CT molecular complexity index is 413. The van der Waals surface area contributed by atoms with Crippen molar-refractivity contribution in [2.45, 2.75) is 33.1 Å². The first-order valence-corrected chi connectivity index (χ1v) is 5.10. The first kappa shape index (κ1) is 10.1. The molecule has 15 heavy (non-hydrogen) atoms. The van der Waals surface area contributed by atoms with Crippen molar-refractivity contribution in [2.75, 3.05) is 0 Å². The topological polar surface area (TPSA) is 56.0 Å². The van der Waals surface area contributed by atoms with Crippen LogP contribution in [0.3, 0.4) is 0 Å². The van der Waals surface area contributed by atoms with Gasteiger partial charge in [-0.05, 0) is 30.2 Å². The lowest BCUT2D eigenvalue weighted by molar-refractivity contribution is -0.385. The van der Waals surface area contributed by atoms with Gasteiger partial charge in [-0.15, -0.1) is 0 Å². The van der Waals surface area contributed by atoms with Crippen LogP contribution < -0.4 is 0 Å². The van der Waals surface area contributed by atoms with Gasteiger partial charge in [0.1, 0.15) is 6.20 Å². The monoisotopic (exact) mass is 206 g/mol. The lowest BCUT2D eigenvalue weighted by Gasteiger charge is -2.29. The Morgan fingerprint density at radius 3 is 2.93 bits per heavy atom. The molecule has 0 aromatic carbocycles. The van der Waals surface area contributed by atoms with Crippen molar-refractivity contribution < 1.29 is 4.92 Å². The van der Waals surface area contributed by atoms with Crippen LogP contribution in [0.25, 0.3) is 0 Å². The molecule has 0 spiro atoms. The fourth-order valence-electron chi connectivity index (χ4n) is 2.02. The van der Waals surface area contributed by atoms with Crippen molar-refractivity contribution in [3.05, 3.63) is 33.6 Å². The molecule has 4 heteroatoms. The number of hydrogen-bond acceptors (Lipinski definition) is 3. The third-order valence-corrected chi connectivity index (χ3v) is 2.97. The normalized spacial score (nSPS) is 18.3. The summed E-state index contributed by atoms with van der Waals surface area (Å²) in [5, 5.41) is 10.6. The zero-order valence-corrected chi connectivity index (χ0v) is 8.99. The van der Waals surface area contributed by atoms with Crippen molar-refractivity contribution in [3.63, 3.8) is 0 Å². The largest absolute Gasteiger partial charge is 0.287 e. The standard InChI is InChI=1S/C11H14N2O2/c1-11(2)4-3-8-5-9(13(14)15)7-12-10(8)6-11/h5,7H,3-4,6H2,1-2H3. The molecule has 0 fully saturated rings. The Morgan fingerprint density at radius 1 is 1.53 bits per heavy atom. The molecule has 0 saturated heterocycles. The first-order chi connectivity index (χ1) is 6.98. The van der Waals surface area contributed by atoms with Crippen LogP contribution in [0.1, 0.15) is 31.5 Å². The molecule has 1 aliphatic rings. The van der Waals surface area contributed by atoms with Gasteiger partial charge in [0.05, 0.1) is 4.92 Å². The van der Waals surface area contributed by atoms with Crippen LogP contribution in [-0.4, -0.2) is 9.91 Å². The maximum atomic E-state index is 10.6. The third kappa shape index (κ3) is 1.98. The van der Waals surface area contributed by atoms with E-state index in [9.17, 15) is 10.1 Å². The molecule has 1 aliphatic carbocycles. The van der Waals surface area contributed by atoms with E-state index in [0.29, 0.717) is 0 Å². The predicted molar refractivity (Wildman–Crippen MR) is 56.7 cm³/mol. The lowest BCUT2D eigenvalue weighted by Crippen LogP contribution is -2.23. The van der Waals surface area contributed by atoms with Gasteiger partial charge < -0.3 is 0 Å². The van der Waals surface area contributed by atoms with Gasteiger partial charge in [0.2, 0.25) is 0 Å². The van der Waals surface area contributed by atoms with E-state index in [-0.39, 0.29) is 16.0 Å². The molecule has 2 rings (SSSR count). The van der Waals surface area contributed by atoms with Gasteiger partial charge in [-0.2, -0.15) is 0 Å². The zero-order chi connectivity index (χ0) is 11.1. The second-order valence-electron chi connectivity index (χ2n) is 4.90. The van der Waals surface area contributed by atoms with E-state index < -0.39 is 0 Å². The Hall–Kier alpha value is -1.45. The Morgan fingerprint density at radius 2 is 2.27 bits per heavy atom. The summed E-state index contributed by atoms with van der Waals surface area (Å²) in [5.74, 6) is 0. The predicted octanol–water partition coefficient (Wildman–Crippen LogP) is 2.50. The van der Waals surface area contributed by atoms with Crippen LogP contribution in [0, 0.1) is 15.5 Å². The van der Waals surface area contributed by atoms with Gasteiger partial charge in [-0.1, -0.05) is 13.8 Å². The Labute approximate surface area is 88.5 Å². The Kier molecular flexibility index (Phi) is 2.21. The quantitative estimate of drug-likeness (QED) is 0.524. The summed E-state index contributed by atoms with van der Waals surface area (Å²) in [6.07, 6.45) is 4.25. The van der Waals surface area contributed by atoms with Crippen molar-refractivity contribution >= 4 is 5.69 Å². The van der Waals surface area contributed by atoms with Gasteiger partial charge in [0.15, 0.2) is 0 Å². The number of nitrogens with zero attached hydrogens (tertiary/aromatic N) is 2. The molecular weight excluding hydrogens is 192 g/mol. The van der Waals surface area contributed by atoms with Gasteiger partial charge >= 0.3 is 0 Å². The molecule has 1 aromatic rings. The molecule has 1 heterocycles. The number of hydrogen-bond donors (Lipinski definition) is 0. The summed E-state index contributed by atoms with van der Waals surface area (Å²) >= 11 is 0. The number of nitro groups is 1. The highest BCUT2D eigenvalue weighted by Gasteiger charge is 2.27. The summed E-state index contributed by atoms with van der Waals surface area (Å²) in [6.45, 7) is 4.41. The number of aryl methyl sites for hydroxylation is 1. The minimum atomic E-state index is -0.382. The van der Waals surface area contributed by atoms with Crippen molar-refractivity contribution in [1.29, 1.82) is 0 Å². The van der Waals surface area contributed by atoms with Crippen LogP contribution in [0.4, 0.5) is 5.69 Å². The number of pyridine rings is 1. The van der Waals surface area contributed by atoms with E-state index in [1.54, 1.807) is 6.07 Å². The maximum Gasteiger partial charge on any atom is 0.287 e. The maximum absolute atomic E-state index is 10.6. The molecule has 0 radical (unpaired) electrons. The van der Waals surface area contributed by atoms with E-state index in [1.807, 2.05) is 0 Å². The Balaban J connectivity index is 2.36. The second-order valence-corrected chi connectivity index (χ2v) is 4.90. The number of aromatic nitrogens is 1. The van der Waals surface area contributed by atoms with E-state index in [2.05, 4.69) is 18.8 Å². The molecule has 0 amide bonds. The van der Waals surface area contributed by atoms with Crippen molar-refractivity contribution in [3.8, 4) is 0 Å². The number of rotatable bonds is 1. The minimum absolute atomic E-state index is 0.105. The third-order valence-electron chi connectivity index (χ3n) is 2.97. The van der Waals surface area contributed by atoms with Gasteiger partial charge in [-0.3, -0.25) is 15.1 Å². The molecule has 4 nitrogen and oxygen atoms in total. The number of fused-ring (bicyclic) bond motifs is 1. The van der Waals surface area contributed by atoms with E-state index >= 15 is 0 Å². The highest BCUT2D eigenvalue weighted by atomic mass is 16.6. The van der Waals surface area contributed by atoms with Crippen molar-refractivity contribution in [2.24, 2.45) is 5.41 Å². The average molecular weight is 206 g/mol. The molecule has 0 saturated carbocycles. The minimum Gasteiger partial charge on any atom is -0.258 e. The summed E-state index contributed by atoms with van der Waals surface area (Å²) in [7, 11) is 0. The molecule has 0 atom stereocenters. The van der Waals surface area contributed by atoms with Crippen LogP contribution in [0.15, 0.2) is 12.3 Å². The van der Waals surface area contributed by atoms with Crippen molar-refractivity contribution in [1.82, 2.24) is 4.98 Å². The van der Waals surface area contributed by atoms with Gasteiger partial charge in [0.25, 0.3) is 5.69 Å². The van der Waals surface area contributed by atoms with Crippen LogP contribution in [0.5, 0.6) is 0 Å². The summed E-state index contributed by atoms with van der Waals surface area (Å²) in [5.41, 5.74) is 2.45. The fourth-order valence-corrected chi connectivity index (χ4v) is 2.02. The van der Waals surface area contributed by atoms with Crippen LogP contribution in [-0.2, 0) is 12.8 Å². The summed E-state index contributed by atoms with van der Waals surface area (Å²) < 4.78 is 0. The highest BCUT2D eigenvalue weighted by Crippen LogP contribution is 2.34. The highest BCUT2D eigenvalue weighted by molar-refractivity contribution is 5.36. The SMILES string of the molecule is CC1(C)CCc2cc([N+](=O)[O-])cnc2C1. The van der Waals surface area contributed by atoms with Gasteiger partial charge in [-0.25, -0.2) is 0 Å². The molecule has 0 N–H and O–H groups in total. The van der Waals surface area contributed by atoms with E-state index in [1.165, 1.54) is 6.20 Å². The van der Waals surface area contributed by atoms with E-state index in [0.717, 1.165) is 30.5 Å². The summed E-state index contributed by atoms with van der Waals surface area (Å²) in [4.78, 5) is 14.4. The molecule has 0 bridgehead atoms. The van der Waals surface area contributed by atoms with Gasteiger partial charge in [0, 0.05) is 11.8 Å². The molecule has 0 aliphatic heterocycles. The zero-order valence-electron chi connectivity index (χ0n) is 8.99. The second kappa shape index (κ2) is 3.29. The lowest BCUT2D eigenvalue weighted by atomic mass is 9.76. The molecular formula is C11H14N2O2. The summed E-state index contributed by atoms with van der Waals surface area (Å²) in [6, 6.07) is 1.66. The molecule has 80 valence electrons. The fraction of sp³-hybridized carbons (Fsp3) is 0.545. The first-order valence-electron chi connectivity index (χ1n) is 5.10. The van der Waals surface area contributed by atoms with E-state index in [4.69, 9.17) is 0 Å². The van der Waals surface area contributed by atoms with Crippen LogP contribution in [0.2, 0.25) is 0 Å².